The molecule has 0 radical (unpaired) electrons. The second-order valence-corrected chi connectivity index (χ2v) is 5.58. The number of phenols is 1. The van der Waals surface area contributed by atoms with Crippen LogP contribution in [0.25, 0.3) is 16.6 Å². The standard InChI is InChI=1S/C14H8Cl2N2O2S/c15-9-5-7(6-10(16)12(9)19)18-13(20)8-3-1-2-4-11(8)17-14(18)21/h1-6,19H,(H,17,21). The van der Waals surface area contributed by atoms with E-state index in [1.807, 2.05) is 6.07 Å². The highest BCUT2D eigenvalue weighted by molar-refractivity contribution is 7.71. The SMILES string of the molecule is O=c1c2ccccc2[nH]c(=S)n1-c1cc(Cl)c(O)c(Cl)c1. The number of hydrogen-bond acceptors (Lipinski definition) is 3. The van der Waals surface area contributed by atoms with Crippen molar-refractivity contribution in [3.63, 3.8) is 0 Å². The van der Waals surface area contributed by atoms with Crippen LogP contribution in [0.3, 0.4) is 0 Å². The lowest BCUT2D eigenvalue weighted by molar-refractivity contribution is 0.475. The third-order valence-electron chi connectivity index (χ3n) is 3.07. The van der Waals surface area contributed by atoms with E-state index in [0.717, 1.165) is 0 Å². The fraction of sp³-hybridized carbons (Fsp3) is 0. The number of aromatic hydroxyl groups is 1. The van der Waals surface area contributed by atoms with Gasteiger partial charge >= 0.3 is 0 Å². The minimum Gasteiger partial charge on any atom is -0.505 e. The molecule has 0 bridgehead atoms. The van der Waals surface area contributed by atoms with Gasteiger partial charge in [0.15, 0.2) is 10.5 Å². The van der Waals surface area contributed by atoms with Crippen molar-refractivity contribution in [2.24, 2.45) is 0 Å². The summed E-state index contributed by atoms with van der Waals surface area (Å²) in [5.74, 6) is -0.231. The third kappa shape index (κ3) is 2.33. The molecule has 0 aliphatic heterocycles. The second-order valence-electron chi connectivity index (χ2n) is 4.37. The number of fused-ring (bicyclic) bond motifs is 1. The predicted octanol–water partition coefficient (Wildman–Crippen LogP) is 4.06. The molecule has 0 aliphatic carbocycles. The molecule has 0 saturated carbocycles. The summed E-state index contributed by atoms with van der Waals surface area (Å²) >= 11 is 17.0. The van der Waals surface area contributed by atoms with E-state index in [1.54, 1.807) is 18.2 Å². The largest absolute Gasteiger partial charge is 0.505 e. The molecule has 0 fully saturated rings. The van der Waals surface area contributed by atoms with Gasteiger partial charge in [-0.25, -0.2) is 0 Å². The second kappa shape index (κ2) is 5.18. The summed E-state index contributed by atoms with van der Waals surface area (Å²) < 4.78 is 1.51. The smallest absolute Gasteiger partial charge is 0.266 e. The molecule has 21 heavy (non-hydrogen) atoms. The van der Waals surface area contributed by atoms with Crippen LogP contribution in [0, 0.1) is 4.77 Å². The number of hydrogen-bond donors (Lipinski definition) is 2. The van der Waals surface area contributed by atoms with Crippen LogP contribution in [-0.4, -0.2) is 14.7 Å². The topological polar surface area (TPSA) is 58.0 Å². The summed E-state index contributed by atoms with van der Waals surface area (Å²) in [7, 11) is 0. The Morgan fingerprint density at radius 2 is 1.76 bits per heavy atom. The minimum atomic E-state index is -0.285. The highest BCUT2D eigenvalue weighted by atomic mass is 35.5. The number of phenolic OH excluding ortho intramolecular Hbond substituents is 1. The summed E-state index contributed by atoms with van der Waals surface area (Å²) in [6, 6.07) is 9.91. The van der Waals surface area contributed by atoms with Gasteiger partial charge in [0.05, 0.1) is 26.6 Å². The molecule has 1 aromatic heterocycles. The zero-order valence-electron chi connectivity index (χ0n) is 10.4. The molecular formula is C14H8Cl2N2O2S. The van der Waals surface area contributed by atoms with E-state index >= 15 is 0 Å². The zero-order chi connectivity index (χ0) is 15.1. The summed E-state index contributed by atoms with van der Waals surface area (Å²) in [6.45, 7) is 0. The molecule has 0 amide bonds. The molecule has 106 valence electrons. The monoisotopic (exact) mass is 338 g/mol. The Morgan fingerprint density at radius 1 is 1.14 bits per heavy atom. The number of H-pyrrole nitrogens is 1. The summed E-state index contributed by atoms with van der Waals surface area (Å²) in [5.41, 5.74) is 0.756. The maximum absolute atomic E-state index is 12.6. The van der Waals surface area contributed by atoms with Crippen LogP contribution in [0.5, 0.6) is 5.75 Å². The summed E-state index contributed by atoms with van der Waals surface area (Å²) in [4.78, 5) is 15.6. The Balaban J connectivity index is 2.41. The first-order valence-electron chi connectivity index (χ1n) is 5.91. The highest BCUT2D eigenvalue weighted by Gasteiger charge is 2.12. The maximum Gasteiger partial charge on any atom is 0.266 e. The first-order valence-corrected chi connectivity index (χ1v) is 7.08. The number of benzene rings is 2. The average Bonchev–Trinajstić information content (AvgIpc) is 2.44. The van der Waals surface area contributed by atoms with Gasteiger partial charge in [-0.1, -0.05) is 35.3 Å². The van der Waals surface area contributed by atoms with Gasteiger partial charge in [0, 0.05) is 0 Å². The van der Waals surface area contributed by atoms with E-state index in [1.165, 1.54) is 16.7 Å². The highest BCUT2D eigenvalue weighted by Crippen LogP contribution is 2.33. The lowest BCUT2D eigenvalue weighted by Crippen LogP contribution is -2.20. The van der Waals surface area contributed by atoms with Gasteiger partial charge in [-0.2, -0.15) is 0 Å². The number of halogens is 2. The van der Waals surface area contributed by atoms with E-state index in [4.69, 9.17) is 35.4 Å². The number of aromatic amines is 1. The number of aromatic nitrogens is 2. The van der Waals surface area contributed by atoms with Crippen molar-refractivity contribution < 1.29 is 5.11 Å². The molecule has 7 heteroatoms. The van der Waals surface area contributed by atoms with Gasteiger partial charge in [0.1, 0.15) is 0 Å². The first kappa shape index (κ1) is 14.1. The molecular weight excluding hydrogens is 331 g/mol. The lowest BCUT2D eigenvalue weighted by Gasteiger charge is -2.10. The van der Waals surface area contributed by atoms with E-state index in [2.05, 4.69) is 4.98 Å². The van der Waals surface area contributed by atoms with E-state index in [9.17, 15) is 9.90 Å². The Morgan fingerprint density at radius 3 is 2.43 bits per heavy atom. The van der Waals surface area contributed by atoms with Crippen molar-refractivity contribution in [1.82, 2.24) is 9.55 Å². The first-order chi connectivity index (χ1) is 9.99. The van der Waals surface area contributed by atoms with Crippen LogP contribution in [0.4, 0.5) is 0 Å². The van der Waals surface area contributed by atoms with Gasteiger partial charge in [-0.3, -0.25) is 9.36 Å². The van der Waals surface area contributed by atoms with Crippen molar-refractivity contribution in [3.05, 3.63) is 61.6 Å². The van der Waals surface area contributed by atoms with Crippen molar-refractivity contribution in [3.8, 4) is 11.4 Å². The summed E-state index contributed by atoms with van der Waals surface area (Å²) in [5, 5.41) is 10.2. The van der Waals surface area contributed by atoms with Gasteiger partial charge in [0.2, 0.25) is 0 Å². The van der Waals surface area contributed by atoms with Crippen LogP contribution in [0.15, 0.2) is 41.2 Å². The van der Waals surface area contributed by atoms with E-state index in [-0.39, 0.29) is 26.1 Å². The average molecular weight is 339 g/mol. The van der Waals surface area contributed by atoms with Gasteiger partial charge in [0.25, 0.3) is 5.56 Å². The minimum absolute atomic E-state index is 0.0481. The van der Waals surface area contributed by atoms with Crippen molar-refractivity contribution in [1.29, 1.82) is 0 Å². The molecule has 2 N–H and O–H groups in total. The Hall–Kier alpha value is -1.82. The molecule has 0 unspecified atom stereocenters. The number of para-hydroxylation sites is 1. The molecule has 0 spiro atoms. The molecule has 3 aromatic rings. The quantitative estimate of drug-likeness (QED) is 0.658. The van der Waals surface area contributed by atoms with Gasteiger partial charge < -0.3 is 10.1 Å². The molecule has 0 saturated heterocycles. The van der Waals surface area contributed by atoms with Gasteiger partial charge in [-0.15, -0.1) is 0 Å². The normalized spacial score (nSPS) is 11.0. The Bertz CT molecular complexity index is 956. The van der Waals surface area contributed by atoms with Crippen LogP contribution in [0.2, 0.25) is 10.0 Å². The number of nitrogens with one attached hydrogen (secondary N) is 1. The zero-order valence-corrected chi connectivity index (χ0v) is 12.8. The molecule has 1 heterocycles. The summed E-state index contributed by atoms with van der Waals surface area (Å²) in [6.07, 6.45) is 0. The van der Waals surface area contributed by atoms with Crippen LogP contribution < -0.4 is 5.56 Å². The third-order valence-corrected chi connectivity index (χ3v) is 3.93. The van der Waals surface area contributed by atoms with Crippen LogP contribution >= 0.6 is 35.4 Å². The van der Waals surface area contributed by atoms with Crippen LogP contribution in [-0.2, 0) is 0 Å². The van der Waals surface area contributed by atoms with E-state index in [0.29, 0.717) is 16.6 Å². The maximum atomic E-state index is 12.6. The molecule has 2 aromatic carbocycles. The predicted molar refractivity (Wildman–Crippen MR) is 86.4 cm³/mol. The van der Waals surface area contributed by atoms with Crippen molar-refractivity contribution >= 4 is 46.3 Å². The lowest BCUT2D eigenvalue weighted by atomic mass is 10.2. The van der Waals surface area contributed by atoms with Crippen molar-refractivity contribution in [2.75, 3.05) is 0 Å². The van der Waals surface area contributed by atoms with Crippen LogP contribution in [0.1, 0.15) is 0 Å². The Kier molecular flexibility index (Phi) is 3.49. The Labute approximate surface area is 134 Å². The fourth-order valence-corrected chi connectivity index (χ4v) is 2.85. The molecule has 4 nitrogen and oxygen atoms in total. The van der Waals surface area contributed by atoms with Gasteiger partial charge in [-0.05, 0) is 36.5 Å². The number of rotatable bonds is 1. The molecule has 0 atom stereocenters. The number of nitrogens with zero attached hydrogens (tertiary/aromatic N) is 1. The molecule has 3 rings (SSSR count). The van der Waals surface area contributed by atoms with Crippen molar-refractivity contribution in [2.45, 2.75) is 0 Å². The van der Waals surface area contributed by atoms with E-state index < -0.39 is 0 Å². The molecule has 0 aliphatic rings. The fourth-order valence-electron chi connectivity index (χ4n) is 2.08.